The van der Waals surface area contributed by atoms with Crippen LogP contribution in [0, 0.1) is 5.92 Å². The Morgan fingerprint density at radius 3 is 2.33 bits per heavy atom. The molecule has 0 saturated carbocycles. The van der Waals surface area contributed by atoms with Crippen molar-refractivity contribution < 1.29 is 9.47 Å². The number of hydrogen-bond acceptors (Lipinski definition) is 3. The largest absolute Gasteiger partial charge is 0.344 e. The van der Waals surface area contributed by atoms with Gasteiger partial charge in [-0.05, 0) is 12.0 Å². The number of aryl methyl sites for hydroxylation is 1. The predicted octanol–water partition coefficient (Wildman–Crippen LogP) is 2.43. The number of nitrogens with two attached hydrogens (primary N) is 1. The molecule has 0 atom stereocenters. The van der Waals surface area contributed by atoms with Crippen molar-refractivity contribution in [1.29, 1.82) is 0 Å². The van der Waals surface area contributed by atoms with Crippen LogP contribution in [0.3, 0.4) is 0 Å². The van der Waals surface area contributed by atoms with Gasteiger partial charge in [0.25, 0.3) is 0 Å². The molecule has 0 radical (unpaired) electrons. The molecule has 100 valence electrons. The van der Waals surface area contributed by atoms with Crippen LogP contribution < -0.4 is 5.73 Å². The molecule has 3 heteroatoms. The molecule has 2 N–H and O–H groups in total. The van der Waals surface area contributed by atoms with Crippen LogP contribution in [0.5, 0.6) is 0 Å². The maximum atomic E-state index is 5.87. The van der Waals surface area contributed by atoms with Gasteiger partial charge in [0.2, 0.25) is 5.79 Å². The van der Waals surface area contributed by atoms with E-state index in [1.165, 1.54) is 5.56 Å². The maximum absolute atomic E-state index is 5.87. The lowest BCUT2D eigenvalue weighted by atomic mass is 10.0. The molecule has 1 aromatic carbocycles. The Bertz CT molecular complexity index is 367. The number of rotatable bonds is 4. The van der Waals surface area contributed by atoms with Crippen molar-refractivity contribution in [2.75, 3.05) is 19.8 Å². The zero-order valence-corrected chi connectivity index (χ0v) is 11.3. The van der Waals surface area contributed by atoms with Gasteiger partial charge in [0, 0.05) is 11.5 Å². The van der Waals surface area contributed by atoms with Crippen molar-refractivity contribution >= 4 is 0 Å². The maximum Gasteiger partial charge on any atom is 0.207 e. The summed E-state index contributed by atoms with van der Waals surface area (Å²) in [5.74, 6) is -0.305. The monoisotopic (exact) mass is 249 g/mol. The second kappa shape index (κ2) is 5.83. The first-order valence-electron chi connectivity index (χ1n) is 6.77. The molecule has 1 aromatic rings. The standard InChI is InChI=1S/C15H23NO2/c1-3-4-13-5-7-14(8-6-13)15(11-16)17-9-12(2)10-18-15/h5-8,12H,3-4,9-11,16H2,1-2H3. The summed E-state index contributed by atoms with van der Waals surface area (Å²) in [5.41, 5.74) is 8.23. The van der Waals surface area contributed by atoms with Gasteiger partial charge >= 0.3 is 0 Å². The molecular weight excluding hydrogens is 226 g/mol. The molecule has 0 aliphatic carbocycles. The number of hydrogen-bond donors (Lipinski definition) is 1. The van der Waals surface area contributed by atoms with E-state index >= 15 is 0 Å². The van der Waals surface area contributed by atoms with Gasteiger partial charge < -0.3 is 15.2 Å². The van der Waals surface area contributed by atoms with Crippen molar-refractivity contribution in [3.05, 3.63) is 35.4 Å². The molecular formula is C15H23NO2. The Hall–Kier alpha value is -0.900. The van der Waals surface area contributed by atoms with Gasteiger partial charge in [0.05, 0.1) is 19.8 Å². The number of ether oxygens (including phenoxy) is 2. The zero-order valence-electron chi connectivity index (χ0n) is 11.3. The Morgan fingerprint density at radius 1 is 1.22 bits per heavy atom. The summed E-state index contributed by atoms with van der Waals surface area (Å²) in [5, 5.41) is 0. The minimum atomic E-state index is -0.739. The van der Waals surface area contributed by atoms with Gasteiger partial charge in [-0.3, -0.25) is 0 Å². The molecule has 0 aromatic heterocycles. The summed E-state index contributed by atoms with van der Waals surface area (Å²) in [7, 11) is 0. The van der Waals surface area contributed by atoms with E-state index < -0.39 is 5.79 Å². The Balaban J connectivity index is 2.16. The van der Waals surface area contributed by atoms with Gasteiger partial charge in [0.15, 0.2) is 0 Å². The predicted molar refractivity (Wildman–Crippen MR) is 72.2 cm³/mol. The fraction of sp³-hybridized carbons (Fsp3) is 0.600. The minimum absolute atomic E-state index is 0.354. The molecule has 1 aliphatic rings. The van der Waals surface area contributed by atoms with Crippen LogP contribution in [-0.4, -0.2) is 19.8 Å². The lowest BCUT2D eigenvalue weighted by molar-refractivity contribution is -0.284. The van der Waals surface area contributed by atoms with Gasteiger partial charge in [-0.25, -0.2) is 0 Å². The van der Waals surface area contributed by atoms with Crippen molar-refractivity contribution in [2.45, 2.75) is 32.5 Å². The van der Waals surface area contributed by atoms with Gasteiger partial charge in [0.1, 0.15) is 0 Å². The van der Waals surface area contributed by atoms with Crippen molar-refractivity contribution in [3.63, 3.8) is 0 Å². The van der Waals surface area contributed by atoms with Crippen LogP contribution in [0.2, 0.25) is 0 Å². The highest BCUT2D eigenvalue weighted by Gasteiger charge is 2.37. The van der Waals surface area contributed by atoms with Gasteiger partial charge in [-0.2, -0.15) is 0 Å². The summed E-state index contributed by atoms with van der Waals surface area (Å²) in [4.78, 5) is 0. The third kappa shape index (κ3) is 2.74. The van der Waals surface area contributed by atoms with Crippen LogP contribution in [0.15, 0.2) is 24.3 Å². The molecule has 3 nitrogen and oxygen atoms in total. The highest BCUT2D eigenvalue weighted by molar-refractivity contribution is 5.26. The first-order valence-corrected chi connectivity index (χ1v) is 6.77. The molecule has 1 fully saturated rings. The van der Waals surface area contributed by atoms with Crippen LogP contribution in [-0.2, 0) is 21.7 Å². The molecule has 2 rings (SSSR count). The highest BCUT2D eigenvalue weighted by Crippen LogP contribution is 2.31. The minimum Gasteiger partial charge on any atom is -0.344 e. The van der Waals surface area contributed by atoms with Gasteiger partial charge in [-0.15, -0.1) is 0 Å². The molecule has 0 spiro atoms. The first kappa shape index (κ1) is 13.5. The first-order chi connectivity index (χ1) is 8.70. The van der Waals surface area contributed by atoms with E-state index in [1.54, 1.807) is 0 Å². The second-order valence-corrected chi connectivity index (χ2v) is 5.13. The van der Waals surface area contributed by atoms with Gasteiger partial charge in [-0.1, -0.05) is 44.5 Å². The van der Waals surface area contributed by atoms with Crippen LogP contribution >= 0.6 is 0 Å². The van der Waals surface area contributed by atoms with E-state index in [9.17, 15) is 0 Å². The molecule has 1 saturated heterocycles. The molecule has 1 aliphatic heterocycles. The zero-order chi connectivity index (χ0) is 13.0. The van der Waals surface area contributed by atoms with Crippen molar-refractivity contribution in [2.24, 2.45) is 11.7 Å². The van der Waals surface area contributed by atoms with E-state index in [-0.39, 0.29) is 0 Å². The third-order valence-corrected chi connectivity index (χ3v) is 3.40. The average molecular weight is 249 g/mol. The number of benzene rings is 1. The molecule has 1 heterocycles. The lowest BCUT2D eigenvalue weighted by Gasteiger charge is -2.39. The Labute approximate surface area is 109 Å². The normalized spacial score (nSPS) is 28.3. The quantitative estimate of drug-likeness (QED) is 0.891. The third-order valence-electron chi connectivity index (χ3n) is 3.40. The summed E-state index contributed by atoms with van der Waals surface area (Å²) in [6.07, 6.45) is 2.26. The molecule has 18 heavy (non-hydrogen) atoms. The van der Waals surface area contributed by atoms with Crippen molar-refractivity contribution in [3.8, 4) is 0 Å². The fourth-order valence-electron chi connectivity index (χ4n) is 2.26. The smallest absolute Gasteiger partial charge is 0.207 e. The van der Waals surface area contributed by atoms with Crippen LogP contribution in [0.25, 0.3) is 0 Å². The van der Waals surface area contributed by atoms with E-state index in [1.807, 2.05) is 0 Å². The summed E-state index contributed by atoms with van der Waals surface area (Å²) < 4.78 is 11.7. The Morgan fingerprint density at radius 2 is 1.83 bits per heavy atom. The topological polar surface area (TPSA) is 44.5 Å². The van der Waals surface area contributed by atoms with E-state index in [0.29, 0.717) is 25.7 Å². The van der Waals surface area contributed by atoms with E-state index in [2.05, 4.69) is 38.1 Å². The SMILES string of the molecule is CCCc1ccc(C2(CN)OCC(C)CO2)cc1. The van der Waals surface area contributed by atoms with Crippen LogP contribution in [0.4, 0.5) is 0 Å². The lowest BCUT2D eigenvalue weighted by Crippen LogP contribution is -2.46. The fourth-order valence-corrected chi connectivity index (χ4v) is 2.26. The average Bonchev–Trinajstić information content (AvgIpc) is 2.42. The molecule has 0 amide bonds. The molecule has 0 unspecified atom stereocenters. The second-order valence-electron chi connectivity index (χ2n) is 5.13. The van der Waals surface area contributed by atoms with Crippen molar-refractivity contribution in [1.82, 2.24) is 0 Å². The highest BCUT2D eigenvalue weighted by atomic mass is 16.7. The Kier molecular flexibility index (Phi) is 4.38. The summed E-state index contributed by atoms with van der Waals surface area (Å²) in [6.45, 7) is 6.06. The summed E-state index contributed by atoms with van der Waals surface area (Å²) in [6, 6.07) is 8.43. The van der Waals surface area contributed by atoms with E-state index in [0.717, 1.165) is 18.4 Å². The van der Waals surface area contributed by atoms with E-state index in [4.69, 9.17) is 15.2 Å². The van der Waals surface area contributed by atoms with Crippen LogP contribution in [0.1, 0.15) is 31.4 Å². The summed E-state index contributed by atoms with van der Waals surface area (Å²) >= 11 is 0. The molecule has 0 bridgehead atoms.